The van der Waals surface area contributed by atoms with Gasteiger partial charge in [-0.05, 0) is 43.5 Å². The third-order valence-corrected chi connectivity index (χ3v) is 4.19. The fourth-order valence-corrected chi connectivity index (χ4v) is 2.79. The van der Waals surface area contributed by atoms with Gasteiger partial charge in [-0.25, -0.2) is 4.39 Å². The van der Waals surface area contributed by atoms with E-state index in [2.05, 4.69) is 20.5 Å². The number of rotatable bonds is 11. The molecule has 0 aliphatic carbocycles. The molecule has 2 N–H and O–H groups in total. The molecule has 2 rings (SSSR count). The molecular weight excluding hydrogens is 359 g/mol. The van der Waals surface area contributed by atoms with Crippen LogP contribution in [0.2, 0.25) is 0 Å². The Labute approximate surface area is 165 Å². The Morgan fingerprint density at radius 1 is 1.21 bits per heavy atom. The molecule has 28 heavy (non-hydrogen) atoms. The van der Waals surface area contributed by atoms with Crippen molar-refractivity contribution in [1.82, 2.24) is 15.2 Å². The number of nitrogens with zero attached hydrogens (tertiary/aromatic N) is 2. The maximum absolute atomic E-state index is 13.9. The van der Waals surface area contributed by atoms with E-state index in [0.717, 1.165) is 24.0 Å². The molecule has 152 valence electrons. The number of ether oxygens (including phenoxy) is 2. The summed E-state index contributed by atoms with van der Waals surface area (Å²) in [5, 5.41) is 10.1. The molecule has 0 bridgehead atoms. The van der Waals surface area contributed by atoms with Crippen molar-refractivity contribution in [2.45, 2.75) is 39.5 Å². The fourth-order valence-electron chi connectivity index (χ4n) is 2.79. The van der Waals surface area contributed by atoms with E-state index >= 15 is 0 Å². The van der Waals surface area contributed by atoms with E-state index in [9.17, 15) is 4.39 Å². The number of H-pyrrole nitrogens is 1. The topological polar surface area (TPSA) is 72.1 Å². The molecule has 1 aromatic carbocycles. The van der Waals surface area contributed by atoms with Gasteiger partial charge in [0.25, 0.3) is 0 Å². The lowest BCUT2D eigenvalue weighted by Crippen LogP contribution is -2.06. The summed E-state index contributed by atoms with van der Waals surface area (Å²) in [6.45, 7) is 4.64. The van der Waals surface area contributed by atoms with Crippen LogP contribution in [0.5, 0.6) is 11.5 Å². The van der Waals surface area contributed by atoms with Crippen molar-refractivity contribution in [3.63, 3.8) is 0 Å². The Morgan fingerprint density at radius 3 is 2.71 bits per heavy atom. The Kier molecular flexibility index (Phi) is 8.52. The molecule has 0 unspecified atom stereocenters. The molecule has 1 heterocycles. The average molecular weight is 388 g/mol. The van der Waals surface area contributed by atoms with Gasteiger partial charge in [0.15, 0.2) is 11.5 Å². The quantitative estimate of drug-likeness (QED) is 0.550. The maximum Gasteiger partial charge on any atom is 0.242 e. The molecule has 1 aromatic heterocycles. The van der Waals surface area contributed by atoms with Gasteiger partial charge in [0.05, 0.1) is 14.2 Å². The first-order chi connectivity index (χ1) is 13.5. The van der Waals surface area contributed by atoms with Crippen molar-refractivity contribution >= 4 is 5.95 Å². The van der Waals surface area contributed by atoms with E-state index < -0.39 is 0 Å². The number of nitrogens with one attached hydrogen (secondary N) is 2. The standard InChI is InChI=1S/C21H29FN4O2/c1-5-6-15(2)13-17(22)8-10-20-24-21(26-25-20)23-12-11-16-7-9-18(27-3)19(14-16)28-4/h6-9,14H,5,10-13H2,1-4H3,(H2,23,24,25,26)/b15-6-,17-8+. The van der Waals surface area contributed by atoms with Gasteiger partial charge in [-0.1, -0.05) is 24.6 Å². The predicted octanol–water partition coefficient (Wildman–Crippen LogP) is 4.62. The number of halogens is 1. The van der Waals surface area contributed by atoms with Crippen LogP contribution in [0.1, 0.15) is 38.1 Å². The Balaban J connectivity index is 1.82. The van der Waals surface area contributed by atoms with E-state index in [-0.39, 0.29) is 5.83 Å². The SMILES string of the molecule is CC/C=C(/C)C/C(F)=C\Cc1nc(NCCc2ccc(OC)c(OC)c2)n[nH]1. The molecule has 0 saturated heterocycles. The highest BCUT2D eigenvalue weighted by Gasteiger charge is 2.06. The molecule has 0 saturated carbocycles. The van der Waals surface area contributed by atoms with Crippen molar-refractivity contribution < 1.29 is 13.9 Å². The molecule has 0 spiro atoms. The van der Waals surface area contributed by atoms with Crippen molar-refractivity contribution in [2.75, 3.05) is 26.1 Å². The first-order valence-corrected chi connectivity index (χ1v) is 9.41. The zero-order chi connectivity index (χ0) is 20.4. The summed E-state index contributed by atoms with van der Waals surface area (Å²) in [7, 11) is 3.23. The molecule has 0 radical (unpaired) electrons. The van der Waals surface area contributed by atoms with Crippen LogP contribution in [0.15, 0.2) is 41.8 Å². The third kappa shape index (κ3) is 6.72. The predicted molar refractivity (Wildman–Crippen MR) is 110 cm³/mol. The molecule has 0 amide bonds. The van der Waals surface area contributed by atoms with E-state index in [1.54, 1.807) is 20.3 Å². The van der Waals surface area contributed by atoms with Crippen LogP contribution in [0, 0.1) is 0 Å². The van der Waals surface area contributed by atoms with E-state index in [1.165, 1.54) is 0 Å². The number of allylic oxidation sites excluding steroid dienone is 4. The van der Waals surface area contributed by atoms with Gasteiger partial charge in [0.1, 0.15) is 11.7 Å². The van der Waals surface area contributed by atoms with E-state index in [0.29, 0.717) is 42.7 Å². The van der Waals surface area contributed by atoms with Crippen molar-refractivity contribution in [3.05, 3.63) is 53.1 Å². The highest BCUT2D eigenvalue weighted by Crippen LogP contribution is 2.27. The lowest BCUT2D eigenvalue weighted by atomic mass is 10.1. The number of benzene rings is 1. The van der Waals surface area contributed by atoms with Gasteiger partial charge in [-0.15, -0.1) is 5.10 Å². The minimum absolute atomic E-state index is 0.151. The van der Waals surface area contributed by atoms with Gasteiger partial charge in [0.2, 0.25) is 5.95 Å². The molecule has 7 heteroatoms. The zero-order valence-corrected chi connectivity index (χ0v) is 17.0. The molecule has 0 fully saturated rings. The van der Waals surface area contributed by atoms with Crippen molar-refractivity contribution in [2.24, 2.45) is 0 Å². The molecule has 0 aliphatic rings. The van der Waals surface area contributed by atoms with Crippen LogP contribution in [0.3, 0.4) is 0 Å². The minimum Gasteiger partial charge on any atom is -0.493 e. The zero-order valence-electron chi connectivity index (χ0n) is 17.0. The third-order valence-electron chi connectivity index (χ3n) is 4.19. The Morgan fingerprint density at radius 2 is 2.00 bits per heavy atom. The number of aromatic nitrogens is 3. The van der Waals surface area contributed by atoms with Gasteiger partial charge in [-0.3, -0.25) is 5.10 Å². The van der Waals surface area contributed by atoms with Crippen LogP contribution in [0.4, 0.5) is 10.3 Å². The summed E-state index contributed by atoms with van der Waals surface area (Å²) in [5.74, 6) is 2.39. The molecule has 0 aliphatic heterocycles. The second kappa shape index (κ2) is 11.1. The normalized spacial score (nSPS) is 12.2. The number of hydrogen-bond acceptors (Lipinski definition) is 5. The van der Waals surface area contributed by atoms with E-state index in [1.807, 2.05) is 38.1 Å². The van der Waals surface area contributed by atoms with E-state index in [4.69, 9.17) is 9.47 Å². The summed E-state index contributed by atoms with van der Waals surface area (Å²) in [6.07, 6.45) is 6.00. The molecule has 6 nitrogen and oxygen atoms in total. The second-order valence-corrected chi connectivity index (χ2v) is 6.46. The van der Waals surface area contributed by atoms with Crippen LogP contribution in [-0.2, 0) is 12.8 Å². The van der Waals surface area contributed by atoms with Gasteiger partial charge in [0, 0.05) is 19.4 Å². The number of hydrogen-bond donors (Lipinski definition) is 2. The van der Waals surface area contributed by atoms with Crippen molar-refractivity contribution in [3.8, 4) is 11.5 Å². The van der Waals surface area contributed by atoms with Crippen LogP contribution in [-0.4, -0.2) is 35.9 Å². The summed E-state index contributed by atoms with van der Waals surface area (Å²) in [6, 6.07) is 5.83. The number of aromatic amines is 1. The Bertz CT molecular complexity index is 814. The van der Waals surface area contributed by atoms with Gasteiger partial charge >= 0.3 is 0 Å². The number of methoxy groups -OCH3 is 2. The highest BCUT2D eigenvalue weighted by atomic mass is 19.1. The maximum atomic E-state index is 13.9. The van der Waals surface area contributed by atoms with Crippen molar-refractivity contribution in [1.29, 1.82) is 0 Å². The second-order valence-electron chi connectivity index (χ2n) is 6.46. The van der Waals surface area contributed by atoms with Gasteiger partial charge < -0.3 is 14.8 Å². The lowest BCUT2D eigenvalue weighted by molar-refractivity contribution is 0.354. The number of anilines is 1. The van der Waals surface area contributed by atoms with Crippen LogP contribution in [0.25, 0.3) is 0 Å². The average Bonchev–Trinajstić information content (AvgIpc) is 3.14. The molecule has 0 atom stereocenters. The summed E-state index contributed by atoms with van der Waals surface area (Å²) in [5.41, 5.74) is 2.15. The minimum atomic E-state index is -0.151. The monoisotopic (exact) mass is 388 g/mol. The Hall–Kier alpha value is -2.83. The van der Waals surface area contributed by atoms with Crippen LogP contribution < -0.4 is 14.8 Å². The first-order valence-electron chi connectivity index (χ1n) is 9.41. The smallest absolute Gasteiger partial charge is 0.242 e. The summed E-state index contributed by atoms with van der Waals surface area (Å²) in [4.78, 5) is 4.34. The highest BCUT2D eigenvalue weighted by molar-refractivity contribution is 5.43. The fraction of sp³-hybridized carbons (Fsp3) is 0.429. The summed E-state index contributed by atoms with van der Waals surface area (Å²) >= 11 is 0. The molecule has 2 aromatic rings. The first kappa shape index (κ1) is 21.5. The lowest BCUT2D eigenvalue weighted by Gasteiger charge is -2.09. The summed E-state index contributed by atoms with van der Waals surface area (Å²) < 4.78 is 24.5. The molecular formula is C21H29FN4O2. The van der Waals surface area contributed by atoms with Crippen LogP contribution >= 0.6 is 0 Å². The largest absolute Gasteiger partial charge is 0.493 e. The van der Waals surface area contributed by atoms with Gasteiger partial charge in [-0.2, -0.15) is 4.98 Å².